The van der Waals surface area contributed by atoms with Crippen LogP contribution in [0.3, 0.4) is 0 Å². The number of fused-ring (bicyclic) bond motifs is 1. The number of rotatable bonds is 7. The van der Waals surface area contributed by atoms with E-state index in [2.05, 4.69) is 10.3 Å². The Morgan fingerprint density at radius 2 is 2.04 bits per heavy atom. The van der Waals surface area contributed by atoms with Crippen molar-refractivity contribution in [1.29, 1.82) is 0 Å². The van der Waals surface area contributed by atoms with E-state index < -0.39 is 11.4 Å². The van der Waals surface area contributed by atoms with Crippen molar-refractivity contribution in [3.63, 3.8) is 0 Å². The first-order valence-corrected chi connectivity index (χ1v) is 8.02. The molecule has 0 saturated heterocycles. The summed E-state index contributed by atoms with van der Waals surface area (Å²) >= 11 is 0. The van der Waals surface area contributed by atoms with Crippen LogP contribution in [0.4, 0.5) is 0 Å². The molecule has 1 atom stereocenters. The molecule has 1 aromatic heterocycles. The van der Waals surface area contributed by atoms with Crippen LogP contribution < -0.4 is 5.32 Å². The van der Waals surface area contributed by atoms with Gasteiger partial charge in [-0.25, -0.2) is 0 Å². The lowest BCUT2D eigenvalue weighted by molar-refractivity contribution is -0.144. The SMILES string of the molecule is CNC(=O)C[C@H](/C=C/C(C)(C)C(=O)O)Cc1c[nH]c2ccccc12. The molecule has 0 radical (unpaired) electrons. The predicted molar refractivity (Wildman–Crippen MR) is 94.7 cm³/mol. The van der Waals surface area contributed by atoms with Gasteiger partial charge in [-0.15, -0.1) is 0 Å². The lowest BCUT2D eigenvalue weighted by atomic mass is 9.88. The molecule has 5 heteroatoms. The van der Waals surface area contributed by atoms with Crippen molar-refractivity contribution in [2.24, 2.45) is 11.3 Å². The number of hydrogen-bond acceptors (Lipinski definition) is 2. The first-order chi connectivity index (χ1) is 11.3. The second-order valence-corrected chi connectivity index (χ2v) is 6.59. The van der Waals surface area contributed by atoms with Crippen LogP contribution in [-0.2, 0) is 16.0 Å². The van der Waals surface area contributed by atoms with Gasteiger partial charge in [-0.05, 0) is 37.8 Å². The maximum absolute atomic E-state index is 11.8. The lowest BCUT2D eigenvalue weighted by Crippen LogP contribution is -2.23. The van der Waals surface area contributed by atoms with Gasteiger partial charge >= 0.3 is 5.97 Å². The van der Waals surface area contributed by atoms with Crippen molar-refractivity contribution < 1.29 is 14.7 Å². The molecule has 0 unspecified atom stereocenters. The quantitative estimate of drug-likeness (QED) is 0.683. The number of H-pyrrole nitrogens is 1. The fourth-order valence-corrected chi connectivity index (χ4v) is 2.58. The fourth-order valence-electron chi connectivity index (χ4n) is 2.58. The number of allylic oxidation sites excluding steroid dienone is 1. The zero-order valence-electron chi connectivity index (χ0n) is 14.3. The monoisotopic (exact) mass is 328 g/mol. The van der Waals surface area contributed by atoms with Gasteiger partial charge in [0, 0.05) is 30.6 Å². The number of carbonyl (C=O) groups is 2. The molecule has 24 heavy (non-hydrogen) atoms. The summed E-state index contributed by atoms with van der Waals surface area (Å²) in [4.78, 5) is 26.3. The normalized spacial score (nSPS) is 13.3. The van der Waals surface area contributed by atoms with Crippen molar-refractivity contribution >= 4 is 22.8 Å². The van der Waals surface area contributed by atoms with Crippen LogP contribution in [0.25, 0.3) is 10.9 Å². The Balaban J connectivity index is 2.24. The van der Waals surface area contributed by atoms with Gasteiger partial charge in [-0.2, -0.15) is 0 Å². The van der Waals surface area contributed by atoms with E-state index in [1.54, 1.807) is 27.0 Å². The predicted octanol–water partition coefficient (Wildman–Crippen LogP) is 3.13. The number of aliphatic carboxylic acids is 1. The highest BCUT2D eigenvalue weighted by Crippen LogP contribution is 2.25. The van der Waals surface area contributed by atoms with Gasteiger partial charge in [-0.3, -0.25) is 9.59 Å². The molecule has 0 saturated carbocycles. The minimum Gasteiger partial charge on any atom is -0.481 e. The van der Waals surface area contributed by atoms with Crippen LogP contribution >= 0.6 is 0 Å². The number of para-hydroxylation sites is 1. The molecule has 0 aliphatic carbocycles. The fraction of sp³-hybridized carbons (Fsp3) is 0.368. The highest BCUT2D eigenvalue weighted by molar-refractivity contribution is 5.83. The van der Waals surface area contributed by atoms with Crippen molar-refractivity contribution in [1.82, 2.24) is 10.3 Å². The van der Waals surface area contributed by atoms with Crippen molar-refractivity contribution in [3.05, 3.63) is 48.2 Å². The molecule has 0 spiro atoms. The smallest absolute Gasteiger partial charge is 0.312 e. The molecule has 0 fully saturated rings. The Bertz CT molecular complexity index is 759. The minimum absolute atomic E-state index is 0.0578. The number of aromatic nitrogens is 1. The third-order valence-corrected chi connectivity index (χ3v) is 4.22. The Morgan fingerprint density at radius 1 is 1.33 bits per heavy atom. The largest absolute Gasteiger partial charge is 0.481 e. The van der Waals surface area contributed by atoms with E-state index in [0.717, 1.165) is 16.5 Å². The van der Waals surface area contributed by atoms with E-state index in [0.29, 0.717) is 12.8 Å². The summed E-state index contributed by atoms with van der Waals surface area (Å²) in [6.45, 7) is 3.29. The molecule has 1 aromatic carbocycles. The van der Waals surface area contributed by atoms with Gasteiger partial charge in [0.05, 0.1) is 5.41 Å². The summed E-state index contributed by atoms with van der Waals surface area (Å²) < 4.78 is 0. The Hall–Kier alpha value is -2.56. The van der Waals surface area contributed by atoms with E-state index >= 15 is 0 Å². The Labute approximate surface area is 141 Å². The summed E-state index contributed by atoms with van der Waals surface area (Å²) in [7, 11) is 1.61. The van der Waals surface area contributed by atoms with Gasteiger partial charge in [0.25, 0.3) is 0 Å². The van der Waals surface area contributed by atoms with Crippen LogP contribution in [0.1, 0.15) is 25.8 Å². The van der Waals surface area contributed by atoms with Gasteiger partial charge in [0.15, 0.2) is 0 Å². The van der Waals surface area contributed by atoms with Crippen molar-refractivity contribution in [2.75, 3.05) is 7.05 Å². The molecule has 128 valence electrons. The van der Waals surface area contributed by atoms with Crippen LogP contribution in [-0.4, -0.2) is 29.0 Å². The molecule has 5 nitrogen and oxygen atoms in total. The molecule has 1 amide bonds. The second kappa shape index (κ2) is 7.34. The first-order valence-electron chi connectivity index (χ1n) is 8.02. The van der Waals surface area contributed by atoms with Gasteiger partial charge < -0.3 is 15.4 Å². The minimum atomic E-state index is -0.957. The maximum Gasteiger partial charge on any atom is 0.312 e. The summed E-state index contributed by atoms with van der Waals surface area (Å²) in [5.74, 6) is -1.01. The van der Waals surface area contributed by atoms with Gasteiger partial charge in [0.1, 0.15) is 0 Å². The van der Waals surface area contributed by atoms with Crippen molar-refractivity contribution in [2.45, 2.75) is 26.7 Å². The van der Waals surface area contributed by atoms with E-state index in [1.807, 2.05) is 36.5 Å². The maximum atomic E-state index is 11.8. The van der Waals surface area contributed by atoms with Crippen LogP contribution in [0, 0.1) is 11.3 Å². The Kier molecular flexibility index (Phi) is 5.44. The molecular formula is C19H24N2O3. The number of carboxylic acid groups (broad SMARTS) is 1. The highest BCUT2D eigenvalue weighted by atomic mass is 16.4. The van der Waals surface area contributed by atoms with E-state index in [9.17, 15) is 14.7 Å². The number of hydrogen-bond donors (Lipinski definition) is 3. The molecular weight excluding hydrogens is 304 g/mol. The van der Waals surface area contributed by atoms with Crippen LogP contribution in [0.5, 0.6) is 0 Å². The number of nitrogens with one attached hydrogen (secondary N) is 2. The molecule has 0 aliphatic rings. The molecule has 0 bridgehead atoms. The van der Waals surface area contributed by atoms with Gasteiger partial charge in [0.2, 0.25) is 5.91 Å². The summed E-state index contributed by atoms with van der Waals surface area (Å²) in [6, 6.07) is 8.01. The number of carbonyl (C=O) groups excluding carboxylic acids is 1. The molecule has 2 aromatic rings. The second-order valence-electron chi connectivity index (χ2n) is 6.59. The number of aromatic amines is 1. The highest BCUT2D eigenvalue weighted by Gasteiger charge is 2.24. The summed E-state index contributed by atoms with van der Waals surface area (Å²) in [5, 5.41) is 13.0. The molecule has 1 heterocycles. The summed E-state index contributed by atoms with van der Waals surface area (Å²) in [5.41, 5.74) is 1.22. The third kappa shape index (κ3) is 4.25. The number of benzene rings is 1. The topological polar surface area (TPSA) is 82.2 Å². The molecule has 0 aliphatic heterocycles. The standard InChI is InChI=1S/C19H24N2O3/c1-19(2,18(23)24)9-8-13(11-17(22)20-3)10-14-12-21-16-7-5-4-6-15(14)16/h4-9,12-13,21H,10-11H2,1-3H3,(H,20,22)(H,23,24)/b9-8+/t13-/m1/s1. The summed E-state index contributed by atoms with van der Waals surface area (Å²) in [6.07, 6.45) is 6.48. The number of carboxylic acids is 1. The van der Waals surface area contributed by atoms with Crippen LogP contribution in [0.2, 0.25) is 0 Å². The lowest BCUT2D eigenvalue weighted by Gasteiger charge is -2.17. The third-order valence-electron chi connectivity index (χ3n) is 4.22. The Morgan fingerprint density at radius 3 is 2.71 bits per heavy atom. The molecule has 2 rings (SSSR count). The molecule has 3 N–H and O–H groups in total. The van der Waals surface area contributed by atoms with E-state index in [1.165, 1.54) is 0 Å². The zero-order chi connectivity index (χ0) is 17.7. The number of amides is 1. The average molecular weight is 328 g/mol. The van der Waals surface area contributed by atoms with E-state index in [4.69, 9.17) is 0 Å². The van der Waals surface area contributed by atoms with Gasteiger partial charge in [-0.1, -0.05) is 30.4 Å². The zero-order valence-corrected chi connectivity index (χ0v) is 14.3. The first kappa shape index (κ1) is 17.8. The van der Waals surface area contributed by atoms with Crippen molar-refractivity contribution in [3.8, 4) is 0 Å². The van der Waals surface area contributed by atoms with Crippen LogP contribution in [0.15, 0.2) is 42.6 Å². The average Bonchev–Trinajstić information content (AvgIpc) is 2.95. The van der Waals surface area contributed by atoms with E-state index in [-0.39, 0.29) is 11.8 Å².